The highest BCUT2D eigenvalue weighted by atomic mass is 79.9. The molecule has 3 nitrogen and oxygen atoms in total. The van der Waals surface area contributed by atoms with Crippen molar-refractivity contribution in [3.63, 3.8) is 0 Å². The van der Waals surface area contributed by atoms with Gasteiger partial charge in [-0.2, -0.15) is 0 Å². The van der Waals surface area contributed by atoms with Gasteiger partial charge in [0.05, 0.1) is 0 Å². The van der Waals surface area contributed by atoms with Crippen LogP contribution in [0.5, 0.6) is 0 Å². The maximum absolute atomic E-state index is 3.50. The molecule has 1 fully saturated rings. The van der Waals surface area contributed by atoms with Crippen molar-refractivity contribution in [1.82, 2.24) is 9.80 Å². The zero-order chi connectivity index (χ0) is 14.6. The molecule has 0 atom stereocenters. The fraction of sp³-hybridized carbons (Fsp3) is 0.625. The van der Waals surface area contributed by atoms with E-state index in [2.05, 4.69) is 76.1 Å². The van der Waals surface area contributed by atoms with Crippen LogP contribution in [-0.2, 0) is 0 Å². The smallest absolute Gasteiger partial charge is 0.0351 e. The minimum absolute atomic E-state index is 0.306. The summed E-state index contributed by atoms with van der Waals surface area (Å²) in [5.41, 5.74) is 1.49. The van der Waals surface area contributed by atoms with Crippen LogP contribution in [0.25, 0.3) is 0 Å². The molecule has 1 aliphatic heterocycles. The lowest BCUT2D eigenvalue weighted by atomic mass is 10.1. The highest BCUT2D eigenvalue weighted by Gasteiger charge is 2.25. The number of rotatable bonds is 4. The molecule has 20 heavy (non-hydrogen) atoms. The van der Waals surface area contributed by atoms with E-state index in [0.29, 0.717) is 5.54 Å². The van der Waals surface area contributed by atoms with Crippen LogP contribution in [0.15, 0.2) is 28.7 Å². The molecule has 112 valence electrons. The Labute approximate surface area is 131 Å². The van der Waals surface area contributed by atoms with Crippen LogP contribution >= 0.6 is 15.9 Å². The minimum atomic E-state index is 0.306. The van der Waals surface area contributed by atoms with Crippen molar-refractivity contribution >= 4 is 21.6 Å². The fourth-order valence-corrected chi connectivity index (χ4v) is 3.00. The van der Waals surface area contributed by atoms with Crippen LogP contribution in [0.4, 0.5) is 5.69 Å². The second-order valence-electron chi connectivity index (χ2n) is 6.44. The predicted octanol–water partition coefficient (Wildman–Crippen LogP) is 3.28. The Hall–Kier alpha value is -0.580. The first-order chi connectivity index (χ1) is 9.45. The Morgan fingerprint density at radius 3 is 2.45 bits per heavy atom. The SMILES string of the molecule is CC(C)(C)N1CCN(CCNc2cccc(Br)c2)CC1. The highest BCUT2D eigenvalue weighted by molar-refractivity contribution is 9.10. The Morgan fingerprint density at radius 2 is 1.85 bits per heavy atom. The van der Waals surface area contributed by atoms with Crippen LogP contribution in [0.3, 0.4) is 0 Å². The molecule has 1 heterocycles. The van der Waals surface area contributed by atoms with E-state index in [9.17, 15) is 0 Å². The zero-order valence-electron chi connectivity index (χ0n) is 12.8. The first-order valence-corrected chi connectivity index (χ1v) is 8.21. The first-order valence-electron chi connectivity index (χ1n) is 7.42. The molecule has 0 aliphatic carbocycles. The van der Waals surface area contributed by atoms with Crippen LogP contribution in [-0.4, -0.2) is 54.6 Å². The van der Waals surface area contributed by atoms with E-state index in [-0.39, 0.29) is 0 Å². The van der Waals surface area contributed by atoms with Gasteiger partial charge in [-0.15, -0.1) is 0 Å². The molecule has 0 aromatic heterocycles. The topological polar surface area (TPSA) is 18.5 Å². The average molecular weight is 340 g/mol. The largest absolute Gasteiger partial charge is 0.384 e. The molecule has 0 unspecified atom stereocenters. The van der Waals surface area contributed by atoms with Crippen LogP contribution in [0.1, 0.15) is 20.8 Å². The second-order valence-corrected chi connectivity index (χ2v) is 7.35. The molecule has 2 rings (SSSR count). The summed E-state index contributed by atoms with van der Waals surface area (Å²) in [4.78, 5) is 5.12. The van der Waals surface area contributed by atoms with Gasteiger partial charge in [-0.05, 0) is 39.0 Å². The average Bonchev–Trinajstić information content (AvgIpc) is 2.38. The maximum atomic E-state index is 3.50. The van der Waals surface area contributed by atoms with Gasteiger partial charge in [-0.3, -0.25) is 9.80 Å². The van der Waals surface area contributed by atoms with Gasteiger partial charge in [-0.25, -0.2) is 0 Å². The van der Waals surface area contributed by atoms with Crippen molar-refractivity contribution in [2.75, 3.05) is 44.6 Å². The summed E-state index contributed by atoms with van der Waals surface area (Å²) in [7, 11) is 0. The van der Waals surface area contributed by atoms with Gasteiger partial charge in [0.1, 0.15) is 0 Å². The van der Waals surface area contributed by atoms with E-state index in [1.165, 1.54) is 31.9 Å². The van der Waals surface area contributed by atoms with Crippen molar-refractivity contribution in [2.45, 2.75) is 26.3 Å². The Bertz CT molecular complexity index is 420. The third kappa shape index (κ3) is 4.76. The second kappa shape index (κ2) is 6.92. The Balaban J connectivity index is 1.69. The molecule has 1 saturated heterocycles. The summed E-state index contributed by atoms with van der Waals surface area (Å²) in [6, 6.07) is 8.35. The van der Waals surface area contributed by atoms with Gasteiger partial charge in [0, 0.05) is 55.0 Å². The summed E-state index contributed by atoms with van der Waals surface area (Å²) in [6.07, 6.45) is 0. The van der Waals surface area contributed by atoms with E-state index in [0.717, 1.165) is 17.6 Å². The number of benzene rings is 1. The summed E-state index contributed by atoms with van der Waals surface area (Å²) >= 11 is 3.50. The van der Waals surface area contributed by atoms with E-state index in [4.69, 9.17) is 0 Å². The van der Waals surface area contributed by atoms with Crippen molar-refractivity contribution in [1.29, 1.82) is 0 Å². The lowest BCUT2D eigenvalue weighted by Gasteiger charge is -2.42. The van der Waals surface area contributed by atoms with Gasteiger partial charge in [0.2, 0.25) is 0 Å². The predicted molar refractivity (Wildman–Crippen MR) is 90.4 cm³/mol. The quantitative estimate of drug-likeness (QED) is 0.908. The minimum Gasteiger partial charge on any atom is -0.384 e. The molecule has 1 aromatic carbocycles. The molecule has 0 bridgehead atoms. The number of hydrogen-bond acceptors (Lipinski definition) is 3. The third-order valence-electron chi connectivity index (χ3n) is 3.90. The highest BCUT2D eigenvalue weighted by Crippen LogP contribution is 2.17. The number of anilines is 1. The molecular formula is C16H26BrN3. The summed E-state index contributed by atoms with van der Waals surface area (Å²) < 4.78 is 1.13. The molecule has 0 spiro atoms. The number of nitrogens with one attached hydrogen (secondary N) is 1. The molecule has 4 heteroatoms. The van der Waals surface area contributed by atoms with E-state index in [1.807, 2.05) is 0 Å². The lowest BCUT2D eigenvalue weighted by Crippen LogP contribution is -2.53. The van der Waals surface area contributed by atoms with Crippen LogP contribution in [0, 0.1) is 0 Å². The van der Waals surface area contributed by atoms with Crippen molar-refractivity contribution in [2.24, 2.45) is 0 Å². The Morgan fingerprint density at radius 1 is 1.15 bits per heavy atom. The zero-order valence-corrected chi connectivity index (χ0v) is 14.4. The molecule has 1 N–H and O–H groups in total. The summed E-state index contributed by atoms with van der Waals surface area (Å²) in [5, 5.41) is 3.49. The van der Waals surface area contributed by atoms with Crippen molar-refractivity contribution in [3.05, 3.63) is 28.7 Å². The normalized spacial score (nSPS) is 18.2. The molecule has 0 amide bonds. The third-order valence-corrected chi connectivity index (χ3v) is 4.40. The van der Waals surface area contributed by atoms with E-state index >= 15 is 0 Å². The number of piperazine rings is 1. The molecule has 0 radical (unpaired) electrons. The standard InChI is InChI=1S/C16H26BrN3/c1-16(2,3)20-11-9-19(10-12-20)8-7-18-15-6-4-5-14(17)13-15/h4-6,13,18H,7-12H2,1-3H3. The first kappa shape index (κ1) is 15.8. The Kier molecular flexibility index (Phi) is 5.47. The molecule has 1 aromatic rings. The van der Waals surface area contributed by atoms with Gasteiger partial charge < -0.3 is 5.32 Å². The maximum Gasteiger partial charge on any atom is 0.0351 e. The monoisotopic (exact) mass is 339 g/mol. The van der Waals surface area contributed by atoms with Gasteiger partial charge in [-0.1, -0.05) is 22.0 Å². The van der Waals surface area contributed by atoms with E-state index < -0.39 is 0 Å². The van der Waals surface area contributed by atoms with Crippen LogP contribution in [0.2, 0.25) is 0 Å². The van der Waals surface area contributed by atoms with Gasteiger partial charge in [0.25, 0.3) is 0 Å². The van der Waals surface area contributed by atoms with Gasteiger partial charge >= 0.3 is 0 Å². The summed E-state index contributed by atoms with van der Waals surface area (Å²) in [6.45, 7) is 13.7. The van der Waals surface area contributed by atoms with Gasteiger partial charge in [0.15, 0.2) is 0 Å². The summed E-state index contributed by atoms with van der Waals surface area (Å²) in [5.74, 6) is 0. The molecular weight excluding hydrogens is 314 g/mol. The molecule has 1 aliphatic rings. The number of hydrogen-bond donors (Lipinski definition) is 1. The molecule has 0 saturated carbocycles. The van der Waals surface area contributed by atoms with Crippen molar-refractivity contribution < 1.29 is 0 Å². The van der Waals surface area contributed by atoms with Crippen LogP contribution < -0.4 is 5.32 Å². The number of halogens is 1. The number of nitrogens with zero attached hydrogens (tertiary/aromatic N) is 2. The van der Waals surface area contributed by atoms with Crippen molar-refractivity contribution in [3.8, 4) is 0 Å². The fourth-order valence-electron chi connectivity index (χ4n) is 2.60. The lowest BCUT2D eigenvalue weighted by molar-refractivity contribution is 0.0642. The van der Waals surface area contributed by atoms with E-state index in [1.54, 1.807) is 0 Å².